The third-order valence-electron chi connectivity index (χ3n) is 3.04. The molecule has 6 heteroatoms. The number of carbonyl (C=O) groups is 1. The van der Waals surface area contributed by atoms with Crippen molar-refractivity contribution in [2.24, 2.45) is 0 Å². The standard InChI is InChI=1S/C15H12N2O3S/c1-10-3-2-4-13-16-12(7-14(18)17(10)13)8-20-15(19)11-5-6-21-9-11/h2-7,9H,8H2,1H3. The van der Waals surface area contributed by atoms with E-state index in [1.165, 1.54) is 21.8 Å². The van der Waals surface area contributed by atoms with Crippen molar-refractivity contribution < 1.29 is 9.53 Å². The zero-order valence-corrected chi connectivity index (χ0v) is 12.1. The Morgan fingerprint density at radius 2 is 2.24 bits per heavy atom. The van der Waals surface area contributed by atoms with Gasteiger partial charge < -0.3 is 4.74 Å². The monoisotopic (exact) mass is 300 g/mol. The molecule has 0 atom stereocenters. The number of aryl methyl sites for hydroxylation is 1. The van der Waals surface area contributed by atoms with Crippen molar-refractivity contribution in [3.05, 3.63) is 68.4 Å². The summed E-state index contributed by atoms with van der Waals surface area (Å²) in [7, 11) is 0. The van der Waals surface area contributed by atoms with E-state index in [2.05, 4.69) is 4.98 Å². The maximum Gasteiger partial charge on any atom is 0.339 e. The van der Waals surface area contributed by atoms with Crippen molar-refractivity contribution in [1.29, 1.82) is 0 Å². The summed E-state index contributed by atoms with van der Waals surface area (Å²) in [6.07, 6.45) is 0. The Hall–Kier alpha value is -2.47. The Morgan fingerprint density at radius 1 is 1.38 bits per heavy atom. The molecule has 0 saturated heterocycles. The van der Waals surface area contributed by atoms with Crippen molar-refractivity contribution >= 4 is 23.0 Å². The molecule has 21 heavy (non-hydrogen) atoms. The number of fused-ring (bicyclic) bond motifs is 1. The molecule has 0 unspecified atom stereocenters. The molecule has 0 bridgehead atoms. The minimum atomic E-state index is -0.414. The van der Waals surface area contributed by atoms with Gasteiger partial charge in [-0.25, -0.2) is 9.78 Å². The molecular formula is C15H12N2O3S. The van der Waals surface area contributed by atoms with E-state index < -0.39 is 5.97 Å². The second-order valence-electron chi connectivity index (χ2n) is 4.53. The third kappa shape index (κ3) is 2.71. The second-order valence-corrected chi connectivity index (χ2v) is 5.31. The lowest BCUT2D eigenvalue weighted by molar-refractivity contribution is 0.0468. The van der Waals surface area contributed by atoms with Crippen molar-refractivity contribution in [2.45, 2.75) is 13.5 Å². The lowest BCUT2D eigenvalue weighted by Gasteiger charge is -2.07. The zero-order chi connectivity index (χ0) is 14.8. The van der Waals surface area contributed by atoms with Gasteiger partial charge in [-0.3, -0.25) is 9.20 Å². The van der Waals surface area contributed by atoms with Gasteiger partial charge in [-0.05, 0) is 30.5 Å². The number of rotatable bonds is 3. The second kappa shape index (κ2) is 5.49. The van der Waals surface area contributed by atoms with Gasteiger partial charge in [0, 0.05) is 17.1 Å². The van der Waals surface area contributed by atoms with Crippen LogP contribution in [0.4, 0.5) is 0 Å². The Kier molecular flexibility index (Phi) is 3.53. The highest BCUT2D eigenvalue weighted by Crippen LogP contribution is 2.09. The van der Waals surface area contributed by atoms with E-state index in [1.54, 1.807) is 22.9 Å². The number of ether oxygens (including phenoxy) is 1. The summed E-state index contributed by atoms with van der Waals surface area (Å²) in [5, 5.41) is 3.52. The predicted molar refractivity (Wildman–Crippen MR) is 79.6 cm³/mol. The molecule has 3 rings (SSSR count). The van der Waals surface area contributed by atoms with Crippen LogP contribution in [-0.4, -0.2) is 15.4 Å². The molecule has 0 saturated carbocycles. The van der Waals surface area contributed by atoms with Gasteiger partial charge in [-0.15, -0.1) is 0 Å². The molecule has 0 aliphatic rings. The zero-order valence-electron chi connectivity index (χ0n) is 11.3. The largest absolute Gasteiger partial charge is 0.456 e. The van der Waals surface area contributed by atoms with Crippen LogP contribution in [-0.2, 0) is 11.3 Å². The number of carbonyl (C=O) groups excluding carboxylic acids is 1. The average Bonchev–Trinajstić information content (AvgIpc) is 2.98. The average molecular weight is 300 g/mol. The quantitative estimate of drug-likeness (QED) is 0.697. The van der Waals surface area contributed by atoms with Gasteiger partial charge in [0.25, 0.3) is 5.56 Å². The lowest BCUT2D eigenvalue weighted by Crippen LogP contribution is -2.18. The minimum absolute atomic E-state index is 0.0195. The van der Waals surface area contributed by atoms with Crippen LogP contribution in [0.2, 0.25) is 0 Å². The van der Waals surface area contributed by atoms with Gasteiger partial charge in [0.1, 0.15) is 12.3 Å². The van der Waals surface area contributed by atoms with Crippen LogP contribution in [0.5, 0.6) is 0 Å². The first-order valence-electron chi connectivity index (χ1n) is 6.33. The molecule has 0 radical (unpaired) electrons. The van der Waals surface area contributed by atoms with E-state index in [4.69, 9.17) is 4.74 Å². The van der Waals surface area contributed by atoms with Crippen LogP contribution in [0.25, 0.3) is 5.65 Å². The van der Waals surface area contributed by atoms with Crippen molar-refractivity contribution in [3.63, 3.8) is 0 Å². The molecule has 0 amide bonds. The van der Waals surface area contributed by atoms with Gasteiger partial charge >= 0.3 is 5.97 Å². The van der Waals surface area contributed by atoms with E-state index in [1.807, 2.05) is 19.1 Å². The minimum Gasteiger partial charge on any atom is -0.456 e. The first-order valence-corrected chi connectivity index (χ1v) is 7.27. The van der Waals surface area contributed by atoms with Gasteiger partial charge in [-0.1, -0.05) is 6.07 Å². The Labute approximate surface area is 124 Å². The first kappa shape index (κ1) is 13.5. The highest BCUT2D eigenvalue weighted by atomic mass is 32.1. The highest BCUT2D eigenvalue weighted by molar-refractivity contribution is 7.08. The van der Waals surface area contributed by atoms with E-state index in [0.717, 1.165) is 5.69 Å². The smallest absolute Gasteiger partial charge is 0.339 e. The number of hydrogen-bond donors (Lipinski definition) is 0. The molecule has 5 nitrogen and oxygen atoms in total. The van der Waals surface area contributed by atoms with Crippen LogP contribution in [0, 0.1) is 6.92 Å². The topological polar surface area (TPSA) is 60.7 Å². The van der Waals surface area contributed by atoms with Gasteiger partial charge in [0.2, 0.25) is 0 Å². The molecule has 3 aromatic rings. The molecular weight excluding hydrogens is 288 g/mol. The van der Waals surface area contributed by atoms with E-state index in [9.17, 15) is 9.59 Å². The van der Waals surface area contributed by atoms with Gasteiger partial charge in [0.15, 0.2) is 0 Å². The summed E-state index contributed by atoms with van der Waals surface area (Å²) in [6, 6.07) is 8.50. The van der Waals surface area contributed by atoms with Crippen molar-refractivity contribution in [3.8, 4) is 0 Å². The van der Waals surface area contributed by atoms with Crippen LogP contribution in [0.3, 0.4) is 0 Å². The normalized spacial score (nSPS) is 10.7. The van der Waals surface area contributed by atoms with Gasteiger partial charge in [-0.2, -0.15) is 11.3 Å². The van der Waals surface area contributed by atoms with Crippen LogP contribution >= 0.6 is 11.3 Å². The van der Waals surface area contributed by atoms with E-state index in [0.29, 0.717) is 16.9 Å². The van der Waals surface area contributed by atoms with E-state index in [-0.39, 0.29) is 12.2 Å². The molecule has 0 aliphatic carbocycles. The first-order chi connectivity index (χ1) is 10.1. The van der Waals surface area contributed by atoms with Crippen LogP contribution < -0.4 is 5.56 Å². The number of esters is 1. The summed E-state index contributed by atoms with van der Waals surface area (Å²) >= 11 is 1.43. The molecule has 3 aromatic heterocycles. The summed E-state index contributed by atoms with van der Waals surface area (Å²) in [6.45, 7) is 1.82. The molecule has 0 fully saturated rings. The number of hydrogen-bond acceptors (Lipinski definition) is 5. The maximum atomic E-state index is 12.1. The molecule has 106 valence electrons. The van der Waals surface area contributed by atoms with E-state index >= 15 is 0 Å². The molecule has 0 aliphatic heterocycles. The fraction of sp³-hybridized carbons (Fsp3) is 0.133. The summed E-state index contributed by atoms with van der Waals surface area (Å²) in [4.78, 5) is 28.2. The fourth-order valence-electron chi connectivity index (χ4n) is 2.04. The predicted octanol–water partition coefficient (Wildman–Crippen LogP) is 2.42. The number of pyridine rings is 1. The maximum absolute atomic E-state index is 12.1. The summed E-state index contributed by atoms with van der Waals surface area (Å²) in [5.74, 6) is -0.414. The Bertz CT molecular complexity index is 853. The summed E-state index contributed by atoms with van der Waals surface area (Å²) in [5.41, 5.74) is 2.12. The van der Waals surface area contributed by atoms with Crippen molar-refractivity contribution in [2.75, 3.05) is 0 Å². The fourth-order valence-corrected chi connectivity index (χ4v) is 2.67. The number of nitrogens with zero attached hydrogens (tertiary/aromatic N) is 2. The molecule has 3 heterocycles. The van der Waals surface area contributed by atoms with Crippen molar-refractivity contribution in [1.82, 2.24) is 9.38 Å². The van der Waals surface area contributed by atoms with Crippen LogP contribution in [0.1, 0.15) is 21.7 Å². The molecule has 0 aromatic carbocycles. The van der Waals surface area contributed by atoms with Gasteiger partial charge in [0.05, 0.1) is 11.3 Å². The lowest BCUT2D eigenvalue weighted by atomic mass is 10.3. The summed E-state index contributed by atoms with van der Waals surface area (Å²) < 4.78 is 6.68. The highest BCUT2D eigenvalue weighted by Gasteiger charge is 2.09. The Balaban J connectivity index is 1.85. The SMILES string of the molecule is Cc1cccc2nc(COC(=O)c3ccsc3)cc(=O)n12. The number of aromatic nitrogens is 2. The Morgan fingerprint density at radius 3 is 3.00 bits per heavy atom. The van der Waals surface area contributed by atoms with Crippen LogP contribution in [0.15, 0.2) is 45.9 Å². The third-order valence-corrected chi connectivity index (χ3v) is 3.72. The number of thiophene rings is 1. The molecule has 0 spiro atoms. The molecule has 0 N–H and O–H groups in total.